The van der Waals surface area contributed by atoms with Crippen molar-refractivity contribution >= 4 is 11.9 Å². The van der Waals surface area contributed by atoms with E-state index in [4.69, 9.17) is 14.7 Å². The van der Waals surface area contributed by atoms with Gasteiger partial charge in [0, 0.05) is 45.1 Å². The summed E-state index contributed by atoms with van der Waals surface area (Å²) >= 11 is 0. The highest BCUT2D eigenvalue weighted by Crippen LogP contribution is 2.42. The van der Waals surface area contributed by atoms with Crippen LogP contribution in [-0.2, 0) is 6.54 Å². The van der Waals surface area contributed by atoms with Crippen LogP contribution in [0.1, 0.15) is 28.8 Å². The predicted molar refractivity (Wildman–Crippen MR) is 103 cm³/mol. The molecule has 1 aromatic carbocycles. The monoisotopic (exact) mass is 397 g/mol. The second kappa shape index (κ2) is 7.16. The molecule has 0 atom stereocenters. The summed E-state index contributed by atoms with van der Waals surface area (Å²) in [4.78, 5) is 24.6. The standard InChI is InChI=1S/C20H23N5O4/c26-18(23-27)15-8-21-19(22-9-15)25-5-3-20(4-6-25)11-24(12-20)10-14-1-2-16-17(7-14)29-13-28-16/h1-2,7-9,27H,3-6,10-13H2,(H,23,26). The first-order valence-electron chi connectivity index (χ1n) is 9.76. The van der Waals surface area contributed by atoms with E-state index in [1.807, 2.05) is 6.07 Å². The zero-order chi connectivity index (χ0) is 19.8. The molecule has 152 valence electrons. The quantitative estimate of drug-likeness (QED) is 0.590. The van der Waals surface area contributed by atoms with Crippen molar-refractivity contribution in [1.82, 2.24) is 20.3 Å². The zero-order valence-electron chi connectivity index (χ0n) is 16.0. The van der Waals surface area contributed by atoms with Gasteiger partial charge in [-0.3, -0.25) is 14.9 Å². The maximum Gasteiger partial charge on any atom is 0.277 e. The minimum absolute atomic E-state index is 0.239. The number of hydroxylamine groups is 1. The molecule has 1 aromatic heterocycles. The van der Waals surface area contributed by atoms with E-state index < -0.39 is 5.91 Å². The summed E-state index contributed by atoms with van der Waals surface area (Å²) in [5.41, 5.74) is 3.46. The normalized spacial score (nSPS) is 19.8. The number of anilines is 1. The van der Waals surface area contributed by atoms with Crippen LogP contribution in [-0.4, -0.2) is 59.0 Å². The smallest absolute Gasteiger partial charge is 0.277 e. The van der Waals surface area contributed by atoms with Gasteiger partial charge in [-0.2, -0.15) is 0 Å². The van der Waals surface area contributed by atoms with E-state index in [9.17, 15) is 4.79 Å². The van der Waals surface area contributed by atoms with Gasteiger partial charge < -0.3 is 14.4 Å². The lowest BCUT2D eigenvalue weighted by Gasteiger charge is -2.54. The van der Waals surface area contributed by atoms with Gasteiger partial charge >= 0.3 is 0 Å². The molecule has 5 rings (SSSR count). The third kappa shape index (κ3) is 3.47. The molecule has 9 heteroatoms. The lowest BCUT2D eigenvalue weighted by Crippen LogP contribution is -2.59. The number of likely N-dealkylation sites (tertiary alicyclic amines) is 1. The molecule has 29 heavy (non-hydrogen) atoms. The highest BCUT2D eigenvalue weighted by Gasteiger charge is 2.44. The second-order valence-corrected chi connectivity index (χ2v) is 8.03. The minimum Gasteiger partial charge on any atom is -0.454 e. The average molecular weight is 397 g/mol. The molecular weight excluding hydrogens is 374 g/mol. The summed E-state index contributed by atoms with van der Waals surface area (Å²) in [6.07, 6.45) is 5.09. The summed E-state index contributed by atoms with van der Waals surface area (Å²) in [5.74, 6) is 1.69. The second-order valence-electron chi connectivity index (χ2n) is 8.03. The van der Waals surface area contributed by atoms with Crippen LogP contribution in [0.5, 0.6) is 11.5 Å². The topological polar surface area (TPSA) is 100 Å². The Kier molecular flexibility index (Phi) is 4.48. The van der Waals surface area contributed by atoms with Gasteiger partial charge in [-0.15, -0.1) is 0 Å². The Balaban J connectivity index is 1.13. The number of carbonyl (C=O) groups excluding carboxylic acids is 1. The van der Waals surface area contributed by atoms with Crippen molar-refractivity contribution in [3.05, 3.63) is 41.7 Å². The van der Waals surface area contributed by atoms with E-state index >= 15 is 0 Å². The van der Waals surface area contributed by atoms with Crippen molar-refractivity contribution in [2.45, 2.75) is 19.4 Å². The number of benzene rings is 1. The molecule has 4 heterocycles. The van der Waals surface area contributed by atoms with Gasteiger partial charge in [0.1, 0.15) is 0 Å². The van der Waals surface area contributed by atoms with Crippen LogP contribution >= 0.6 is 0 Å². The Morgan fingerprint density at radius 3 is 2.59 bits per heavy atom. The Labute approximate surface area is 168 Å². The van der Waals surface area contributed by atoms with Gasteiger partial charge in [0.15, 0.2) is 11.5 Å². The van der Waals surface area contributed by atoms with Crippen molar-refractivity contribution in [3.8, 4) is 11.5 Å². The van der Waals surface area contributed by atoms with Crippen LogP contribution < -0.4 is 19.9 Å². The summed E-state index contributed by atoms with van der Waals surface area (Å²) in [7, 11) is 0. The fraction of sp³-hybridized carbons (Fsp3) is 0.450. The molecular formula is C20H23N5O4. The minimum atomic E-state index is -0.605. The Hall–Kier alpha value is -2.91. The molecule has 2 N–H and O–H groups in total. The van der Waals surface area contributed by atoms with Gasteiger partial charge in [0.05, 0.1) is 5.56 Å². The number of carbonyl (C=O) groups is 1. The van der Waals surface area contributed by atoms with E-state index in [-0.39, 0.29) is 5.56 Å². The molecule has 9 nitrogen and oxygen atoms in total. The highest BCUT2D eigenvalue weighted by molar-refractivity contribution is 5.92. The van der Waals surface area contributed by atoms with Crippen molar-refractivity contribution in [1.29, 1.82) is 0 Å². The van der Waals surface area contributed by atoms with Gasteiger partial charge in [0.2, 0.25) is 12.7 Å². The third-order valence-corrected chi connectivity index (χ3v) is 6.07. The van der Waals surface area contributed by atoms with Gasteiger partial charge in [0.25, 0.3) is 5.91 Å². The third-order valence-electron chi connectivity index (χ3n) is 6.07. The number of hydrogen-bond acceptors (Lipinski definition) is 8. The molecule has 0 bridgehead atoms. The zero-order valence-corrected chi connectivity index (χ0v) is 16.0. The van der Waals surface area contributed by atoms with E-state index in [1.165, 1.54) is 18.0 Å². The number of piperidine rings is 1. The number of amides is 1. The lowest BCUT2D eigenvalue weighted by atomic mass is 9.72. The van der Waals surface area contributed by atoms with E-state index in [0.717, 1.165) is 57.1 Å². The molecule has 3 aliphatic rings. The molecule has 0 radical (unpaired) electrons. The van der Waals surface area contributed by atoms with Crippen molar-refractivity contribution in [3.63, 3.8) is 0 Å². The molecule has 2 fully saturated rings. The number of nitrogens with one attached hydrogen (secondary N) is 1. The number of hydrogen-bond donors (Lipinski definition) is 2. The largest absolute Gasteiger partial charge is 0.454 e. The highest BCUT2D eigenvalue weighted by atomic mass is 16.7. The first kappa shape index (κ1) is 18.1. The first-order chi connectivity index (χ1) is 14.1. The molecule has 3 aliphatic heterocycles. The molecule has 0 unspecified atom stereocenters. The SMILES string of the molecule is O=C(NO)c1cnc(N2CCC3(CC2)CN(Cc2ccc4c(c2)OCO4)C3)nc1. The van der Waals surface area contributed by atoms with Crippen molar-refractivity contribution in [2.75, 3.05) is 37.9 Å². The molecule has 1 spiro atoms. The van der Waals surface area contributed by atoms with Crippen LogP contribution in [0.4, 0.5) is 5.95 Å². The average Bonchev–Trinajstić information content (AvgIpc) is 3.21. The van der Waals surface area contributed by atoms with Crippen LogP contribution in [0.25, 0.3) is 0 Å². The number of rotatable bonds is 4. The van der Waals surface area contributed by atoms with Gasteiger partial charge in [-0.1, -0.05) is 6.07 Å². The summed E-state index contributed by atoms with van der Waals surface area (Å²) < 4.78 is 10.8. The Bertz CT molecular complexity index is 904. The van der Waals surface area contributed by atoms with E-state index in [0.29, 0.717) is 18.2 Å². The summed E-state index contributed by atoms with van der Waals surface area (Å²) in [6, 6.07) is 6.17. The molecule has 2 aromatic rings. The fourth-order valence-corrected chi connectivity index (χ4v) is 4.48. The van der Waals surface area contributed by atoms with Crippen LogP contribution in [0.2, 0.25) is 0 Å². The molecule has 0 aliphatic carbocycles. The maximum atomic E-state index is 11.4. The van der Waals surface area contributed by atoms with Gasteiger partial charge in [-0.25, -0.2) is 15.4 Å². The number of fused-ring (bicyclic) bond motifs is 1. The maximum absolute atomic E-state index is 11.4. The summed E-state index contributed by atoms with van der Waals surface area (Å²) in [6.45, 7) is 5.26. The summed E-state index contributed by atoms with van der Waals surface area (Å²) in [5, 5.41) is 8.67. The van der Waals surface area contributed by atoms with Crippen molar-refractivity contribution < 1.29 is 19.5 Å². The Morgan fingerprint density at radius 1 is 1.14 bits per heavy atom. The number of ether oxygens (including phenoxy) is 2. The molecule has 0 saturated carbocycles. The number of aromatic nitrogens is 2. The number of nitrogens with zero attached hydrogens (tertiary/aromatic N) is 4. The van der Waals surface area contributed by atoms with E-state index in [2.05, 4.69) is 31.9 Å². The van der Waals surface area contributed by atoms with Gasteiger partial charge in [-0.05, 0) is 36.0 Å². The molecule has 1 amide bonds. The van der Waals surface area contributed by atoms with E-state index in [1.54, 1.807) is 5.48 Å². The van der Waals surface area contributed by atoms with Crippen molar-refractivity contribution in [2.24, 2.45) is 5.41 Å². The van der Waals surface area contributed by atoms with Crippen LogP contribution in [0.15, 0.2) is 30.6 Å². The van der Waals surface area contributed by atoms with Crippen LogP contribution in [0.3, 0.4) is 0 Å². The molecule has 2 saturated heterocycles. The predicted octanol–water partition coefficient (Wildman–Crippen LogP) is 1.43. The lowest BCUT2D eigenvalue weighted by molar-refractivity contribution is -0.0241. The first-order valence-corrected chi connectivity index (χ1v) is 9.76. The fourth-order valence-electron chi connectivity index (χ4n) is 4.48. The Morgan fingerprint density at radius 2 is 1.86 bits per heavy atom. The van der Waals surface area contributed by atoms with Crippen LogP contribution in [0, 0.1) is 5.41 Å².